The van der Waals surface area contributed by atoms with Crippen LogP contribution in [0.1, 0.15) is 33.7 Å². The third kappa shape index (κ3) is 4.28. The van der Waals surface area contributed by atoms with Crippen LogP contribution >= 0.6 is 0 Å². The second-order valence-electron chi connectivity index (χ2n) is 9.41. The Morgan fingerprint density at radius 1 is 1.08 bits per heavy atom. The lowest BCUT2D eigenvalue weighted by Crippen LogP contribution is -2.56. The lowest BCUT2D eigenvalue weighted by Gasteiger charge is -2.34. The molecule has 0 aliphatic carbocycles. The van der Waals surface area contributed by atoms with E-state index in [9.17, 15) is 14.4 Å². The number of aryl methyl sites for hydroxylation is 1. The van der Waals surface area contributed by atoms with Crippen molar-refractivity contribution in [1.29, 1.82) is 0 Å². The molecular weight excluding hydrogens is 456 g/mol. The maximum atomic E-state index is 12.6. The Kier molecular flexibility index (Phi) is 6.36. The average molecular weight is 487 g/mol. The first-order valence-electron chi connectivity index (χ1n) is 12.2. The van der Waals surface area contributed by atoms with E-state index in [1.807, 2.05) is 55.3 Å². The van der Waals surface area contributed by atoms with Gasteiger partial charge in [-0.1, -0.05) is 36.4 Å². The number of fused-ring (bicyclic) bond motifs is 1. The lowest BCUT2D eigenvalue weighted by molar-refractivity contribution is -0.134. The van der Waals surface area contributed by atoms with Gasteiger partial charge in [0, 0.05) is 44.9 Å². The minimum atomic E-state index is -0.541. The molecule has 186 valence electrons. The van der Waals surface area contributed by atoms with Crippen molar-refractivity contribution < 1.29 is 18.8 Å². The van der Waals surface area contributed by atoms with Crippen molar-refractivity contribution in [3.05, 3.63) is 71.0 Å². The minimum absolute atomic E-state index is 0.0392. The van der Waals surface area contributed by atoms with Gasteiger partial charge in [-0.15, -0.1) is 0 Å². The van der Waals surface area contributed by atoms with Gasteiger partial charge in [0.1, 0.15) is 11.5 Å². The van der Waals surface area contributed by atoms with Crippen LogP contribution in [0.5, 0.6) is 0 Å². The smallest absolute Gasteiger partial charge is 0.254 e. The van der Waals surface area contributed by atoms with Crippen LogP contribution in [0.4, 0.5) is 0 Å². The van der Waals surface area contributed by atoms with Crippen LogP contribution in [-0.4, -0.2) is 60.7 Å². The largest absolute Gasteiger partial charge is 0.459 e. The third-order valence-corrected chi connectivity index (χ3v) is 7.10. The van der Waals surface area contributed by atoms with Crippen molar-refractivity contribution >= 4 is 17.7 Å². The van der Waals surface area contributed by atoms with Gasteiger partial charge in [-0.2, -0.15) is 0 Å². The number of nitrogens with zero attached hydrogens (tertiary/aromatic N) is 2. The summed E-state index contributed by atoms with van der Waals surface area (Å²) in [6, 6.07) is 15.4. The number of hydrogen-bond acceptors (Lipinski definition) is 5. The molecule has 8 heteroatoms. The van der Waals surface area contributed by atoms with E-state index >= 15 is 0 Å². The predicted molar refractivity (Wildman–Crippen MR) is 136 cm³/mol. The van der Waals surface area contributed by atoms with Crippen molar-refractivity contribution in [2.75, 3.05) is 27.2 Å². The number of carbonyl (C=O) groups is 3. The van der Waals surface area contributed by atoms with E-state index in [1.165, 1.54) is 0 Å². The van der Waals surface area contributed by atoms with Crippen LogP contribution < -0.4 is 10.6 Å². The summed E-state index contributed by atoms with van der Waals surface area (Å²) in [7, 11) is 3.39. The molecule has 3 amide bonds. The minimum Gasteiger partial charge on any atom is -0.459 e. The van der Waals surface area contributed by atoms with E-state index < -0.39 is 6.04 Å². The first kappa shape index (κ1) is 23.8. The molecule has 2 aliphatic heterocycles. The number of benzene rings is 2. The predicted octanol–water partition coefficient (Wildman–Crippen LogP) is 2.94. The molecule has 8 nitrogen and oxygen atoms in total. The molecule has 0 spiro atoms. The van der Waals surface area contributed by atoms with Gasteiger partial charge < -0.3 is 20.0 Å². The summed E-state index contributed by atoms with van der Waals surface area (Å²) < 4.78 is 6.39. The summed E-state index contributed by atoms with van der Waals surface area (Å²) >= 11 is 0. The summed E-state index contributed by atoms with van der Waals surface area (Å²) in [5.74, 6) is 1.23. The maximum absolute atomic E-state index is 12.6. The summed E-state index contributed by atoms with van der Waals surface area (Å²) in [6.45, 7) is 4.17. The molecule has 0 saturated carbocycles. The monoisotopic (exact) mass is 486 g/mol. The standard InChI is InChI=1S/C28H30N4O4/c1-17-13-24(36-25(17)16-32-12-11-30-27(34)23(32)14-26(33)29-2)20-8-5-4-7-18(20)19-9-6-10-21-22(19)15-31(3)28(21)35/h4-10,13,23H,11-12,14-16H2,1-3H3,(H,29,33)(H,30,34). The summed E-state index contributed by atoms with van der Waals surface area (Å²) in [5, 5.41) is 5.46. The zero-order valence-corrected chi connectivity index (χ0v) is 20.8. The Balaban J connectivity index is 1.47. The molecule has 2 aliphatic rings. The van der Waals surface area contributed by atoms with E-state index in [0.29, 0.717) is 26.2 Å². The Morgan fingerprint density at radius 2 is 1.81 bits per heavy atom. The van der Waals surface area contributed by atoms with Crippen molar-refractivity contribution in [1.82, 2.24) is 20.4 Å². The number of carbonyl (C=O) groups excluding carboxylic acids is 3. The van der Waals surface area contributed by atoms with E-state index in [2.05, 4.69) is 22.8 Å². The molecule has 36 heavy (non-hydrogen) atoms. The zero-order chi connectivity index (χ0) is 25.4. The number of piperazine rings is 1. The number of rotatable bonds is 6. The molecular formula is C28H30N4O4. The van der Waals surface area contributed by atoms with E-state index in [4.69, 9.17) is 4.42 Å². The van der Waals surface area contributed by atoms with Crippen LogP contribution in [-0.2, 0) is 22.7 Å². The molecule has 3 heterocycles. The molecule has 0 bridgehead atoms. The highest BCUT2D eigenvalue weighted by Gasteiger charge is 2.33. The fourth-order valence-electron chi connectivity index (χ4n) is 5.10. The van der Waals surface area contributed by atoms with Crippen LogP contribution in [0.15, 0.2) is 52.9 Å². The fourth-order valence-corrected chi connectivity index (χ4v) is 5.10. The van der Waals surface area contributed by atoms with Gasteiger partial charge in [0.15, 0.2) is 0 Å². The fraction of sp³-hybridized carbons (Fsp3) is 0.321. The highest BCUT2D eigenvalue weighted by atomic mass is 16.3. The topological polar surface area (TPSA) is 94.9 Å². The molecule has 5 rings (SSSR count). The second-order valence-corrected chi connectivity index (χ2v) is 9.41. The Morgan fingerprint density at radius 3 is 2.58 bits per heavy atom. The molecule has 1 aromatic heterocycles. The molecule has 1 unspecified atom stereocenters. The maximum Gasteiger partial charge on any atom is 0.254 e. The van der Waals surface area contributed by atoms with Crippen molar-refractivity contribution in [3.8, 4) is 22.5 Å². The van der Waals surface area contributed by atoms with E-state index in [1.54, 1.807) is 11.9 Å². The van der Waals surface area contributed by atoms with Gasteiger partial charge in [-0.25, -0.2) is 0 Å². The molecule has 1 saturated heterocycles. The van der Waals surface area contributed by atoms with Gasteiger partial charge in [0.2, 0.25) is 11.8 Å². The molecule has 2 aromatic carbocycles. The average Bonchev–Trinajstić information content (AvgIpc) is 3.39. The van der Waals surface area contributed by atoms with Crippen LogP contribution in [0.25, 0.3) is 22.5 Å². The van der Waals surface area contributed by atoms with Crippen LogP contribution in [0.3, 0.4) is 0 Å². The lowest BCUT2D eigenvalue weighted by atomic mass is 9.92. The Labute approximate surface area is 210 Å². The van der Waals surface area contributed by atoms with Gasteiger partial charge in [0.05, 0.1) is 19.0 Å². The van der Waals surface area contributed by atoms with Gasteiger partial charge in [-0.05, 0) is 41.3 Å². The number of amides is 3. The highest BCUT2D eigenvalue weighted by Crippen LogP contribution is 2.39. The first-order valence-corrected chi connectivity index (χ1v) is 12.2. The van der Waals surface area contributed by atoms with Crippen LogP contribution in [0, 0.1) is 6.92 Å². The quantitative estimate of drug-likeness (QED) is 0.559. The molecule has 0 radical (unpaired) electrons. The van der Waals surface area contributed by atoms with Crippen LogP contribution in [0.2, 0.25) is 0 Å². The second kappa shape index (κ2) is 9.62. The van der Waals surface area contributed by atoms with Gasteiger partial charge in [0.25, 0.3) is 5.91 Å². The number of hydrogen-bond donors (Lipinski definition) is 2. The SMILES string of the molecule is CNC(=O)CC1C(=O)NCCN1Cc1oc(-c2ccccc2-c2cccc3c2CN(C)C3=O)cc1C. The highest BCUT2D eigenvalue weighted by molar-refractivity contribution is 6.01. The third-order valence-electron chi connectivity index (χ3n) is 7.10. The zero-order valence-electron chi connectivity index (χ0n) is 20.8. The van der Waals surface area contributed by atoms with E-state index in [0.717, 1.165) is 44.9 Å². The molecule has 1 atom stereocenters. The molecule has 3 aromatic rings. The first-order chi connectivity index (χ1) is 17.4. The Bertz CT molecular complexity index is 1350. The summed E-state index contributed by atoms with van der Waals surface area (Å²) in [6.07, 6.45) is 0.101. The van der Waals surface area contributed by atoms with Crippen molar-refractivity contribution in [3.63, 3.8) is 0 Å². The molecule has 1 fully saturated rings. The number of nitrogens with one attached hydrogen (secondary N) is 2. The summed E-state index contributed by atoms with van der Waals surface area (Å²) in [4.78, 5) is 40.8. The summed E-state index contributed by atoms with van der Waals surface area (Å²) in [5.41, 5.74) is 5.73. The van der Waals surface area contributed by atoms with Crippen molar-refractivity contribution in [2.24, 2.45) is 0 Å². The van der Waals surface area contributed by atoms with E-state index in [-0.39, 0.29) is 24.1 Å². The Hall–Kier alpha value is -3.91. The normalized spacial score (nSPS) is 17.8. The van der Waals surface area contributed by atoms with Gasteiger partial charge in [-0.3, -0.25) is 19.3 Å². The van der Waals surface area contributed by atoms with Crippen molar-refractivity contribution in [2.45, 2.75) is 32.5 Å². The number of furan rings is 1. The molecule has 2 N–H and O–H groups in total. The van der Waals surface area contributed by atoms with Gasteiger partial charge >= 0.3 is 0 Å².